The molecule has 25 heavy (non-hydrogen) atoms. The van der Waals surface area contributed by atoms with Crippen molar-refractivity contribution in [1.82, 2.24) is 4.90 Å². The minimum absolute atomic E-state index is 0.110. The predicted molar refractivity (Wildman–Crippen MR) is 103 cm³/mol. The first kappa shape index (κ1) is 17.9. The Morgan fingerprint density at radius 1 is 0.920 bits per heavy atom. The minimum Gasteiger partial charge on any atom is -0.299 e. The van der Waals surface area contributed by atoms with E-state index < -0.39 is 0 Å². The SMILES string of the molecule is CCCCC[C@H]1C(=O)C[C@H](c2ccccc2)N(C)[C@@H]1c1ccccc1. The van der Waals surface area contributed by atoms with Gasteiger partial charge in [-0.15, -0.1) is 0 Å². The molecule has 0 radical (unpaired) electrons. The summed E-state index contributed by atoms with van der Waals surface area (Å²) in [5.41, 5.74) is 2.51. The third-order valence-corrected chi connectivity index (χ3v) is 5.56. The van der Waals surface area contributed by atoms with Gasteiger partial charge in [-0.2, -0.15) is 0 Å². The second-order valence-electron chi connectivity index (χ2n) is 7.22. The second-order valence-corrected chi connectivity index (χ2v) is 7.22. The fraction of sp³-hybridized carbons (Fsp3) is 0.435. The maximum Gasteiger partial charge on any atom is 0.139 e. The molecule has 3 rings (SSSR count). The lowest BCUT2D eigenvalue weighted by Gasteiger charge is -2.44. The van der Waals surface area contributed by atoms with Crippen molar-refractivity contribution in [3.05, 3.63) is 71.8 Å². The van der Waals surface area contributed by atoms with Crippen LogP contribution in [0.4, 0.5) is 0 Å². The molecule has 0 aliphatic carbocycles. The maximum atomic E-state index is 13.1. The number of hydrogen-bond acceptors (Lipinski definition) is 2. The van der Waals surface area contributed by atoms with E-state index in [4.69, 9.17) is 0 Å². The van der Waals surface area contributed by atoms with Gasteiger partial charge in [0.2, 0.25) is 0 Å². The average molecular weight is 335 g/mol. The van der Waals surface area contributed by atoms with Crippen molar-refractivity contribution in [2.45, 2.75) is 51.1 Å². The fourth-order valence-corrected chi connectivity index (χ4v) is 4.22. The molecule has 3 atom stereocenters. The Morgan fingerprint density at radius 3 is 2.12 bits per heavy atom. The molecule has 1 heterocycles. The second kappa shape index (κ2) is 8.44. The van der Waals surface area contributed by atoms with Gasteiger partial charge in [0.1, 0.15) is 5.78 Å². The standard InChI is InChI=1S/C23H29NO/c1-3-4-7-16-20-22(25)17-21(18-12-8-5-9-13-18)24(2)23(20)19-14-10-6-11-15-19/h5-6,8-15,20-21,23H,3-4,7,16-17H2,1-2H3/t20-,21+,23+/m0/s1. The predicted octanol–water partition coefficient (Wildman–Crippen LogP) is 5.57. The van der Waals surface area contributed by atoms with E-state index >= 15 is 0 Å². The third kappa shape index (κ3) is 4.01. The number of rotatable bonds is 6. The number of Topliss-reactive ketones (excluding diaryl/α,β-unsaturated/α-hetero) is 1. The number of carbonyl (C=O) groups is 1. The molecule has 132 valence electrons. The zero-order valence-electron chi connectivity index (χ0n) is 15.4. The molecule has 1 aliphatic heterocycles. The van der Waals surface area contributed by atoms with Crippen molar-refractivity contribution < 1.29 is 4.79 Å². The lowest BCUT2D eigenvalue weighted by molar-refractivity contribution is -0.132. The molecular formula is C23H29NO. The average Bonchev–Trinajstić information content (AvgIpc) is 2.66. The molecule has 2 heteroatoms. The number of ketones is 1. The van der Waals surface area contributed by atoms with Crippen LogP contribution in [0.2, 0.25) is 0 Å². The summed E-state index contributed by atoms with van der Waals surface area (Å²) < 4.78 is 0. The van der Waals surface area contributed by atoms with Gasteiger partial charge in [-0.1, -0.05) is 86.8 Å². The molecule has 0 bridgehead atoms. The normalized spacial score (nSPS) is 24.4. The van der Waals surface area contributed by atoms with Gasteiger partial charge in [0.05, 0.1) is 0 Å². The molecule has 1 saturated heterocycles. The van der Waals surface area contributed by atoms with E-state index in [1.807, 2.05) is 6.07 Å². The number of hydrogen-bond donors (Lipinski definition) is 0. The van der Waals surface area contributed by atoms with Gasteiger partial charge in [-0.25, -0.2) is 0 Å². The maximum absolute atomic E-state index is 13.1. The Balaban J connectivity index is 1.91. The lowest BCUT2D eigenvalue weighted by Crippen LogP contribution is -2.43. The van der Waals surface area contributed by atoms with Crippen molar-refractivity contribution in [2.75, 3.05) is 7.05 Å². The van der Waals surface area contributed by atoms with Crippen molar-refractivity contribution >= 4 is 5.78 Å². The highest BCUT2D eigenvalue weighted by Crippen LogP contribution is 2.43. The van der Waals surface area contributed by atoms with E-state index in [0.717, 1.165) is 12.8 Å². The van der Waals surface area contributed by atoms with E-state index in [1.54, 1.807) is 0 Å². The quantitative estimate of drug-likeness (QED) is 0.643. The molecule has 2 aromatic carbocycles. The van der Waals surface area contributed by atoms with Crippen LogP contribution >= 0.6 is 0 Å². The molecule has 0 aromatic heterocycles. The summed E-state index contributed by atoms with van der Waals surface area (Å²) in [5, 5.41) is 0. The zero-order chi connectivity index (χ0) is 17.6. The number of likely N-dealkylation sites (tertiary alicyclic amines) is 1. The van der Waals surface area contributed by atoms with Crippen LogP contribution in [0.15, 0.2) is 60.7 Å². The Bertz CT molecular complexity index is 667. The Hall–Kier alpha value is -1.93. The van der Waals surface area contributed by atoms with E-state index in [9.17, 15) is 4.79 Å². The summed E-state index contributed by atoms with van der Waals surface area (Å²) in [6, 6.07) is 21.4. The van der Waals surface area contributed by atoms with Crippen molar-refractivity contribution in [3.63, 3.8) is 0 Å². The van der Waals surface area contributed by atoms with E-state index in [1.165, 1.54) is 24.0 Å². The molecule has 1 fully saturated rings. The highest BCUT2D eigenvalue weighted by Gasteiger charge is 2.41. The third-order valence-electron chi connectivity index (χ3n) is 5.56. The van der Waals surface area contributed by atoms with Crippen LogP contribution in [0.1, 0.15) is 62.2 Å². The molecule has 1 aliphatic rings. The Morgan fingerprint density at radius 2 is 1.52 bits per heavy atom. The van der Waals surface area contributed by atoms with Gasteiger partial charge in [-0.3, -0.25) is 9.69 Å². The molecule has 0 N–H and O–H groups in total. The van der Waals surface area contributed by atoms with Gasteiger partial charge in [0.15, 0.2) is 0 Å². The fourth-order valence-electron chi connectivity index (χ4n) is 4.22. The van der Waals surface area contributed by atoms with E-state index in [-0.39, 0.29) is 18.0 Å². The number of benzene rings is 2. The molecule has 0 spiro atoms. The van der Waals surface area contributed by atoms with E-state index in [0.29, 0.717) is 12.2 Å². The molecule has 0 saturated carbocycles. The lowest BCUT2D eigenvalue weighted by atomic mass is 9.77. The van der Waals surface area contributed by atoms with Crippen molar-refractivity contribution in [2.24, 2.45) is 5.92 Å². The van der Waals surface area contributed by atoms with Crippen LogP contribution in [0.3, 0.4) is 0 Å². The summed E-state index contributed by atoms with van der Waals surface area (Å²) in [4.78, 5) is 15.5. The largest absolute Gasteiger partial charge is 0.299 e. The van der Waals surface area contributed by atoms with Gasteiger partial charge in [0, 0.05) is 24.4 Å². The molecule has 0 amide bonds. The van der Waals surface area contributed by atoms with Crippen LogP contribution in [0, 0.1) is 5.92 Å². The van der Waals surface area contributed by atoms with Crippen molar-refractivity contribution in [3.8, 4) is 0 Å². The van der Waals surface area contributed by atoms with Crippen LogP contribution < -0.4 is 0 Å². The van der Waals surface area contributed by atoms with Crippen LogP contribution in [-0.4, -0.2) is 17.7 Å². The van der Waals surface area contributed by atoms with E-state index in [2.05, 4.69) is 73.5 Å². The summed E-state index contributed by atoms with van der Waals surface area (Å²) in [7, 11) is 2.19. The zero-order valence-corrected chi connectivity index (χ0v) is 15.4. The first-order valence-electron chi connectivity index (χ1n) is 9.57. The van der Waals surface area contributed by atoms with Gasteiger partial charge >= 0.3 is 0 Å². The molecule has 2 nitrogen and oxygen atoms in total. The number of piperidine rings is 1. The van der Waals surface area contributed by atoms with Gasteiger partial charge in [-0.05, 0) is 24.6 Å². The van der Waals surface area contributed by atoms with Crippen molar-refractivity contribution in [1.29, 1.82) is 0 Å². The Labute approximate surface area is 151 Å². The number of carbonyl (C=O) groups excluding carboxylic acids is 1. The van der Waals surface area contributed by atoms with Gasteiger partial charge in [0.25, 0.3) is 0 Å². The van der Waals surface area contributed by atoms with Crippen LogP contribution in [0.25, 0.3) is 0 Å². The number of nitrogens with zero attached hydrogens (tertiary/aromatic N) is 1. The van der Waals surface area contributed by atoms with Crippen LogP contribution in [0.5, 0.6) is 0 Å². The summed E-state index contributed by atoms with van der Waals surface area (Å²) in [6.45, 7) is 2.22. The van der Waals surface area contributed by atoms with Crippen LogP contribution in [-0.2, 0) is 4.79 Å². The topological polar surface area (TPSA) is 20.3 Å². The summed E-state index contributed by atoms with van der Waals surface area (Å²) in [6.07, 6.45) is 5.16. The smallest absolute Gasteiger partial charge is 0.139 e. The minimum atomic E-state index is 0.110. The molecule has 2 aromatic rings. The summed E-state index contributed by atoms with van der Waals surface area (Å²) in [5.74, 6) is 0.538. The first-order valence-corrected chi connectivity index (χ1v) is 9.57. The number of unbranched alkanes of at least 4 members (excludes halogenated alkanes) is 2. The monoisotopic (exact) mass is 335 g/mol. The highest BCUT2D eigenvalue weighted by molar-refractivity contribution is 5.83. The van der Waals surface area contributed by atoms with Gasteiger partial charge < -0.3 is 0 Å². The molecular weight excluding hydrogens is 306 g/mol. The summed E-state index contributed by atoms with van der Waals surface area (Å²) >= 11 is 0. The Kier molecular flexibility index (Phi) is 6.04. The molecule has 0 unspecified atom stereocenters. The first-order chi connectivity index (χ1) is 12.2. The highest BCUT2D eigenvalue weighted by atomic mass is 16.1.